The van der Waals surface area contributed by atoms with Crippen LogP contribution in [0.25, 0.3) is 0 Å². The van der Waals surface area contributed by atoms with Crippen LogP contribution < -0.4 is 20.1 Å². The van der Waals surface area contributed by atoms with Crippen LogP contribution in [0.15, 0.2) is 12.1 Å². The number of nitro benzene ring substituents is 1. The first kappa shape index (κ1) is 26.0. The van der Waals surface area contributed by atoms with Crippen LogP contribution >= 0.6 is 0 Å². The number of nitrogens with zero attached hydrogens (tertiary/aromatic N) is 1. The van der Waals surface area contributed by atoms with Gasteiger partial charge in [0.25, 0.3) is 5.69 Å². The van der Waals surface area contributed by atoms with E-state index in [0.29, 0.717) is 6.42 Å². The first-order valence-corrected chi connectivity index (χ1v) is 9.85. The molecule has 11 nitrogen and oxygen atoms in total. The van der Waals surface area contributed by atoms with E-state index in [2.05, 4.69) is 10.6 Å². The number of hydrogen-bond donors (Lipinski definition) is 3. The van der Waals surface area contributed by atoms with Crippen molar-refractivity contribution in [1.29, 1.82) is 0 Å². The molecule has 0 bridgehead atoms. The van der Waals surface area contributed by atoms with E-state index in [1.165, 1.54) is 26.2 Å². The Morgan fingerprint density at radius 3 is 2.39 bits per heavy atom. The third-order valence-corrected chi connectivity index (χ3v) is 3.88. The number of nitro groups is 1. The largest absolute Gasteiger partial charge is 0.493 e. The van der Waals surface area contributed by atoms with E-state index in [1.807, 2.05) is 0 Å². The Bertz CT molecular complexity index is 774. The minimum absolute atomic E-state index is 0.119. The number of methoxy groups -OCH3 is 1. The van der Waals surface area contributed by atoms with E-state index in [1.54, 1.807) is 20.8 Å². The minimum Gasteiger partial charge on any atom is -0.493 e. The quantitative estimate of drug-likeness (QED) is 0.269. The second kappa shape index (κ2) is 11.9. The molecule has 2 amide bonds. The van der Waals surface area contributed by atoms with Crippen molar-refractivity contribution in [2.24, 2.45) is 0 Å². The smallest absolute Gasteiger partial charge is 0.407 e. The van der Waals surface area contributed by atoms with Crippen molar-refractivity contribution < 1.29 is 33.8 Å². The third kappa shape index (κ3) is 9.51. The summed E-state index contributed by atoms with van der Waals surface area (Å²) in [7, 11) is 1.39. The van der Waals surface area contributed by atoms with Crippen LogP contribution in [0.2, 0.25) is 0 Å². The van der Waals surface area contributed by atoms with Gasteiger partial charge in [-0.1, -0.05) is 0 Å². The first-order valence-electron chi connectivity index (χ1n) is 9.85. The van der Waals surface area contributed by atoms with E-state index < -0.39 is 22.7 Å². The fraction of sp³-hybridized carbons (Fsp3) is 0.600. The van der Waals surface area contributed by atoms with Gasteiger partial charge in [-0.25, -0.2) is 4.79 Å². The van der Waals surface area contributed by atoms with Gasteiger partial charge in [0.1, 0.15) is 5.60 Å². The van der Waals surface area contributed by atoms with Crippen LogP contribution in [0.1, 0.15) is 52.2 Å². The molecule has 0 saturated carbocycles. The van der Waals surface area contributed by atoms with Crippen molar-refractivity contribution >= 4 is 17.7 Å². The summed E-state index contributed by atoms with van der Waals surface area (Å²) < 4.78 is 15.8. The van der Waals surface area contributed by atoms with E-state index in [0.717, 1.165) is 0 Å². The van der Waals surface area contributed by atoms with Crippen LogP contribution in [0.3, 0.4) is 0 Å². The lowest BCUT2D eigenvalue weighted by Gasteiger charge is -2.19. The maximum atomic E-state index is 11.9. The lowest BCUT2D eigenvalue weighted by Crippen LogP contribution is -2.37. The number of nitrogens with one attached hydrogen (secondary N) is 2. The Labute approximate surface area is 181 Å². The van der Waals surface area contributed by atoms with Crippen molar-refractivity contribution in [3.8, 4) is 11.5 Å². The highest BCUT2D eigenvalue weighted by atomic mass is 16.6. The standard InChI is InChI=1S/C20H31N3O8/c1-13(24)14-11-16(29-5)17(12-15(14)23(27)28)30-10-6-7-18(25)21-8-9-22-19(26)31-20(2,3)4/h11-13,24H,6-10H2,1-5H3,(H,21,25)(H,22,26). The van der Waals surface area contributed by atoms with Crippen LogP contribution in [0.5, 0.6) is 11.5 Å². The molecular formula is C20H31N3O8. The van der Waals surface area contributed by atoms with Gasteiger partial charge in [-0.15, -0.1) is 0 Å². The molecule has 0 aromatic heterocycles. The summed E-state index contributed by atoms with van der Waals surface area (Å²) in [6, 6.07) is 2.56. The Balaban J connectivity index is 2.43. The number of amides is 2. The SMILES string of the molecule is COc1cc(C(C)O)c([N+](=O)[O-])cc1OCCCC(=O)NCCNC(=O)OC(C)(C)C. The van der Waals surface area contributed by atoms with Crippen LogP contribution in [0.4, 0.5) is 10.5 Å². The molecule has 0 heterocycles. The van der Waals surface area contributed by atoms with Crippen molar-refractivity contribution in [2.75, 3.05) is 26.8 Å². The number of ether oxygens (including phenoxy) is 3. The summed E-state index contributed by atoms with van der Waals surface area (Å²) in [5, 5.41) is 26.2. The predicted molar refractivity (Wildman–Crippen MR) is 112 cm³/mol. The zero-order chi connectivity index (χ0) is 23.6. The summed E-state index contributed by atoms with van der Waals surface area (Å²) in [6.45, 7) is 7.30. The molecule has 0 aliphatic carbocycles. The van der Waals surface area contributed by atoms with Gasteiger partial charge in [-0.3, -0.25) is 14.9 Å². The number of alkyl carbamates (subject to hydrolysis) is 1. The molecule has 0 radical (unpaired) electrons. The zero-order valence-electron chi connectivity index (χ0n) is 18.5. The molecule has 1 atom stereocenters. The van der Waals surface area contributed by atoms with Gasteiger partial charge < -0.3 is 30.0 Å². The number of carbonyl (C=O) groups is 2. The van der Waals surface area contributed by atoms with Gasteiger partial charge >= 0.3 is 6.09 Å². The average Bonchev–Trinajstić information content (AvgIpc) is 2.66. The lowest BCUT2D eigenvalue weighted by atomic mass is 10.1. The normalized spacial score (nSPS) is 11.9. The maximum Gasteiger partial charge on any atom is 0.407 e. The summed E-state index contributed by atoms with van der Waals surface area (Å²) in [6.07, 6.45) is -1.07. The van der Waals surface area contributed by atoms with E-state index in [9.17, 15) is 24.8 Å². The average molecular weight is 441 g/mol. The Morgan fingerprint density at radius 2 is 1.84 bits per heavy atom. The number of rotatable bonds is 11. The van der Waals surface area contributed by atoms with Crippen molar-refractivity contribution in [3.05, 3.63) is 27.8 Å². The molecule has 0 aliphatic heterocycles. The molecule has 11 heteroatoms. The number of hydrogen-bond acceptors (Lipinski definition) is 8. The van der Waals surface area contributed by atoms with Gasteiger partial charge in [0.2, 0.25) is 5.91 Å². The number of aliphatic hydroxyl groups excluding tert-OH is 1. The highest BCUT2D eigenvalue weighted by Crippen LogP contribution is 2.37. The second-order valence-corrected chi connectivity index (χ2v) is 7.73. The van der Waals surface area contributed by atoms with Gasteiger partial charge in [-0.2, -0.15) is 0 Å². The van der Waals surface area contributed by atoms with E-state index in [-0.39, 0.29) is 54.8 Å². The van der Waals surface area contributed by atoms with Crippen molar-refractivity contribution in [2.45, 2.75) is 52.2 Å². The van der Waals surface area contributed by atoms with E-state index in [4.69, 9.17) is 14.2 Å². The summed E-state index contributed by atoms with van der Waals surface area (Å²) in [4.78, 5) is 34.0. The fourth-order valence-electron chi connectivity index (χ4n) is 2.51. The van der Waals surface area contributed by atoms with Crippen LogP contribution in [-0.2, 0) is 9.53 Å². The predicted octanol–water partition coefficient (Wildman–Crippen LogP) is 2.46. The molecule has 0 saturated heterocycles. The number of carbonyl (C=O) groups excluding carboxylic acids is 2. The molecule has 1 rings (SSSR count). The van der Waals surface area contributed by atoms with Gasteiger partial charge in [0.15, 0.2) is 11.5 Å². The van der Waals surface area contributed by atoms with Crippen LogP contribution in [-0.4, -0.2) is 54.4 Å². The van der Waals surface area contributed by atoms with Crippen LogP contribution in [0, 0.1) is 10.1 Å². The summed E-state index contributed by atoms with van der Waals surface area (Å²) >= 11 is 0. The molecule has 3 N–H and O–H groups in total. The molecule has 1 aromatic carbocycles. The maximum absolute atomic E-state index is 11.9. The molecular weight excluding hydrogens is 410 g/mol. The zero-order valence-corrected chi connectivity index (χ0v) is 18.5. The Morgan fingerprint density at radius 1 is 1.19 bits per heavy atom. The fourth-order valence-corrected chi connectivity index (χ4v) is 2.51. The minimum atomic E-state index is -1.04. The molecule has 0 spiro atoms. The molecule has 0 aliphatic rings. The highest BCUT2D eigenvalue weighted by molar-refractivity contribution is 5.76. The Hall–Kier alpha value is -3.08. The van der Waals surface area contributed by atoms with Crippen molar-refractivity contribution in [1.82, 2.24) is 10.6 Å². The van der Waals surface area contributed by atoms with Gasteiger partial charge in [0, 0.05) is 19.5 Å². The third-order valence-electron chi connectivity index (χ3n) is 3.88. The molecule has 1 aromatic rings. The van der Waals surface area contributed by atoms with Gasteiger partial charge in [0.05, 0.1) is 36.4 Å². The monoisotopic (exact) mass is 441 g/mol. The number of benzene rings is 1. The summed E-state index contributed by atoms with van der Waals surface area (Å²) in [5.74, 6) is 0.178. The highest BCUT2D eigenvalue weighted by Gasteiger charge is 2.22. The second-order valence-electron chi connectivity index (χ2n) is 7.73. The van der Waals surface area contributed by atoms with E-state index >= 15 is 0 Å². The molecule has 1 unspecified atom stereocenters. The first-order chi connectivity index (χ1) is 14.4. The Kier molecular flexibility index (Phi) is 10.00. The number of aliphatic hydroxyl groups is 1. The lowest BCUT2D eigenvalue weighted by molar-refractivity contribution is -0.386. The summed E-state index contributed by atoms with van der Waals surface area (Å²) in [5.41, 5.74) is -0.748. The van der Waals surface area contributed by atoms with Gasteiger partial charge in [-0.05, 0) is 40.2 Å². The molecule has 31 heavy (non-hydrogen) atoms. The molecule has 174 valence electrons. The molecule has 0 fully saturated rings. The topological polar surface area (TPSA) is 149 Å². The van der Waals surface area contributed by atoms with Crippen molar-refractivity contribution in [3.63, 3.8) is 0 Å².